The standard InChI is InChI=1S/C13H20O2S/c1-3-13(14-5-6-15-13)4-2-10-11-7-16-8-12(10)9(1)11/h9-12H,1-8H2. The molecule has 0 aromatic heterocycles. The van der Waals surface area contributed by atoms with Crippen LogP contribution < -0.4 is 0 Å². The van der Waals surface area contributed by atoms with E-state index in [9.17, 15) is 0 Å². The number of thioether (sulfide) groups is 1. The topological polar surface area (TPSA) is 18.5 Å². The SMILES string of the molecule is C1COC2(CCC3C4CSCC3C4CC2)O1. The summed E-state index contributed by atoms with van der Waals surface area (Å²) in [4.78, 5) is 0. The molecule has 3 aliphatic carbocycles. The van der Waals surface area contributed by atoms with Crippen molar-refractivity contribution in [1.82, 2.24) is 0 Å². The molecule has 0 N–H and O–H groups in total. The summed E-state index contributed by atoms with van der Waals surface area (Å²) >= 11 is 2.19. The highest BCUT2D eigenvalue weighted by atomic mass is 32.2. The van der Waals surface area contributed by atoms with Gasteiger partial charge < -0.3 is 9.47 Å². The van der Waals surface area contributed by atoms with Crippen LogP contribution in [0.2, 0.25) is 0 Å². The molecule has 16 heavy (non-hydrogen) atoms. The predicted molar refractivity (Wildman–Crippen MR) is 64.4 cm³/mol. The highest BCUT2D eigenvalue weighted by Gasteiger charge is 2.55. The van der Waals surface area contributed by atoms with Crippen molar-refractivity contribution in [2.24, 2.45) is 23.7 Å². The van der Waals surface area contributed by atoms with Gasteiger partial charge in [-0.05, 0) is 48.0 Å². The minimum absolute atomic E-state index is 0.154. The number of ether oxygens (including phenoxy) is 2. The first-order chi connectivity index (χ1) is 7.88. The van der Waals surface area contributed by atoms with Crippen molar-refractivity contribution in [1.29, 1.82) is 0 Å². The third-order valence-corrected chi connectivity index (χ3v) is 6.59. The number of hydrogen-bond donors (Lipinski definition) is 0. The third-order valence-electron chi connectivity index (χ3n) is 5.35. The van der Waals surface area contributed by atoms with E-state index in [0.717, 1.165) is 49.7 Å². The molecule has 2 aliphatic heterocycles. The first-order valence-electron chi connectivity index (χ1n) is 6.74. The summed E-state index contributed by atoms with van der Waals surface area (Å²) in [6.07, 6.45) is 5.02. The number of fused-ring (bicyclic) bond motifs is 2. The van der Waals surface area contributed by atoms with Gasteiger partial charge in [0.15, 0.2) is 5.79 Å². The Morgan fingerprint density at radius 2 is 1.38 bits per heavy atom. The molecule has 0 amide bonds. The Bertz CT molecular complexity index is 258. The quantitative estimate of drug-likeness (QED) is 0.648. The van der Waals surface area contributed by atoms with Crippen LogP contribution in [0.15, 0.2) is 0 Å². The van der Waals surface area contributed by atoms with Gasteiger partial charge in [0.1, 0.15) is 0 Å². The third kappa shape index (κ3) is 1.34. The van der Waals surface area contributed by atoms with E-state index in [2.05, 4.69) is 11.8 Å². The molecule has 5 fully saturated rings. The zero-order valence-corrected chi connectivity index (χ0v) is 10.5. The molecular weight excluding hydrogens is 220 g/mol. The molecule has 3 saturated carbocycles. The molecule has 0 unspecified atom stereocenters. The number of hydrogen-bond acceptors (Lipinski definition) is 3. The van der Waals surface area contributed by atoms with E-state index in [4.69, 9.17) is 9.47 Å². The Hall–Kier alpha value is 0.270. The van der Waals surface area contributed by atoms with Crippen molar-refractivity contribution in [3.8, 4) is 0 Å². The van der Waals surface area contributed by atoms with Gasteiger partial charge in [0.2, 0.25) is 0 Å². The molecule has 4 bridgehead atoms. The normalized spacial score (nSPS) is 49.5. The van der Waals surface area contributed by atoms with Crippen LogP contribution >= 0.6 is 11.8 Å². The minimum Gasteiger partial charge on any atom is -0.348 e. The maximum atomic E-state index is 5.88. The van der Waals surface area contributed by atoms with Crippen LogP contribution in [-0.2, 0) is 9.47 Å². The molecule has 5 aliphatic rings. The van der Waals surface area contributed by atoms with Gasteiger partial charge in [-0.2, -0.15) is 11.8 Å². The van der Waals surface area contributed by atoms with Gasteiger partial charge >= 0.3 is 0 Å². The van der Waals surface area contributed by atoms with Crippen LogP contribution in [0.25, 0.3) is 0 Å². The highest BCUT2D eigenvalue weighted by molar-refractivity contribution is 7.99. The van der Waals surface area contributed by atoms with Crippen molar-refractivity contribution in [2.75, 3.05) is 24.7 Å². The van der Waals surface area contributed by atoms with Gasteiger partial charge in [0.25, 0.3) is 0 Å². The highest BCUT2D eigenvalue weighted by Crippen LogP contribution is 2.59. The first-order valence-corrected chi connectivity index (χ1v) is 7.89. The molecule has 2 nitrogen and oxygen atoms in total. The lowest BCUT2D eigenvalue weighted by Gasteiger charge is -2.58. The zero-order chi connectivity index (χ0) is 10.6. The van der Waals surface area contributed by atoms with E-state index in [-0.39, 0.29) is 5.79 Å². The molecule has 2 heterocycles. The van der Waals surface area contributed by atoms with Crippen LogP contribution in [0.5, 0.6) is 0 Å². The van der Waals surface area contributed by atoms with Gasteiger partial charge in [0, 0.05) is 12.8 Å². The van der Waals surface area contributed by atoms with Gasteiger partial charge in [-0.3, -0.25) is 0 Å². The second-order valence-corrected chi connectivity index (χ2v) is 6.95. The van der Waals surface area contributed by atoms with E-state index >= 15 is 0 Å². The lowest BCUT2D eigenvalue weighted by Crippen LogP contribution is -2.55. The van der Waals surface area contributed by atoms with E-state index in [1.807, 2.05) is 0 Å². The van der Waals surface area contributed by atoms with Gasteiger partial charge in [0.05, 0.1) is 13.2 Å². The fourth-order valence-electron chi connectivity index (χ4n) is 4.50. The molecule has 1 spiro atoms. The summed E-state index contributed by atoms with van der Waals surface area (Å²) in [5.41, 5.74) is 0. The summed E-state index contributed by atoms with van der Waals surface area (Å²) in [6, 6.07) is 0. The van der Waals surface area contributed by atoms with Crippen LogP contribution in [-0.4, -0.2) is 30.5 Å². The maximum Gasteiger partial charge on any atom is 0.168 e. The van der Waals surface area contributed by atoms with Crippen LogP contribution in [0, 0.1) is 23.7 Å². The minimum atomic E-state index is -0.154. The summed E-state index contributed by atoms with van der Waals surface area (Å²) in [6.45, 7) is 1.64. The fraction of sp³-hybridized carbons (Fsp3) is 1.00. The number of rotatable bonds is 0. The first kappa shape index (κ1) is 10.2. The van der Waals surface area contributed by atoms with Crippen molar-refractivity contribution >= 4 is 11.8 Å². The molecule has 0 aromatic rings. The van der Waals surface area contributed by atoms with Crippen molar-refractivity contribution in [3.05, 3.63) is 0 Å². The average Bonchev–Trinajstić information content (AvgIpc) is 2.75. The second kappa shape index (κ2) is 3.63. The van der Waals surface area contributed by atoms with Gasteiger partial charge in [-0.25, -0.2) is 0 Å². The molecule has 2 saturated heterocycles. The molecule has 5 rings (SSSR count). The monoisotopic (exact) mass is 240 g/mol. The molecule has 0 atom stereocenters. The largest absolute Gasteiger partial charge is 0.348 e. The Morgan fingerprint density at radius 1 is 0.812 bits per heavy atom. The average molecular weight is 240 g/mol. The van der Waals surface area contributed by atoms with Crippen LogP contribution in [0.1, 0.15) is 25.7 Å². The molecule has 90 valence electrons. The molecular formula is C13H20O2S. The van der Waals surface area contributed by atoms with Crippen molar-refractivity contribution < 1.29 is 9.47 Å². The predicted octanol–water partition coefficient (Wildman–Crippen LogP) is 2.53. The van der Waals surface area contributed by atoms with E-state index in [0.29, 0.717) is 0 Å². The van der Waals surface area contributed by atoms with E-state index in [1.54, 1.807) is 0 Å². The van der Waals surface area contributed by atoms with Crippen molar-refractivity contribution in [3.63, 3.8) is 0 Å². The summed E-state index contributed by atoms with van der Waals surface area (Å²) in [5.74, 6) is 6.82. The second-order valence-electron chi connectivity index (χ2n) is 5.88. The summed E-state index contributed by atoms with van der Waals surface area (Å²) in [5, 5.41) is 0. The molecule has 0 radical (unpaired) electrons. The summed E-state index contributed by atoms with van der Waals surface area (Å²) in [7, 11) is 0. The molecule has 0 aromatic carbocycles. The Labute approximate surface area is 101 Å². The van der Waals surface area contributed by atoms with Crippen molar-refractivity contribution in [2.45, 2.75) is 31.5 Å². The molecule has 3 heteroatoms. The smallest absolute Gasteiger partial charge is 0.168 e. The zero-order valence-electron chi connectivity index (χ0n) is 9.69. The maximum absolute atomic E-state index is 5.88. The van der Waals surface area contributed by atoms with Crippen LogP contribution in [0.3, 0.4) is 0 Å². The van der Waals surface area contributed by atoms with E-state index < -0.39 is 0 Å². The Morgan fingerprint density at radius 3 is 1.94 bits per heavy atom. The summed E-state index contributed by atoms with van der Waals surface area (Å²) < 4.78 is 11.8. The fourth-order valence-corrected chi connectivity index (χ4v) is 6.17. The lowest BCUT2D eigenvalue weighted by atomic mass is 9.53. The van der Waals surface area contributed by atoms with Gasteiger partial charge in [-0.15, -0.1) is 0 Å². The van der Waals surface area contributed by atoms with Gasteiger partial charge in [-0.1, -0.05) is 0 Å². The Kier molecular flexibility index (Phi) is 2.32. The lowest BCUT2D eigenvalue weighted by molar-refractivity contribution is -0.194. The van der Waals surface area contributed by atoms with E-state index in [1.165, 1.54) is 24.3 Å². The van der Waals surface area contributed by atoms with Crippen LogP contribution in [0.4, 0.5) is 0 Å². The Balaban J connectivity index is 1.51.